The third-order valence-corrected chi connectivity index (χ3v) is 8.00. The van der Waals surface area contributed by atoms with Gasteiger partial charge in [-0.25, -0.2) is 8.42 Å². The zero-order valence-electron chi connectivity index (χ0n) is 18.9. The van der Waals surface area contributed by atoms with E-state index in [0.717, 1.165) is 25.9 Å². The van der Waals surface area contributed by atoms with Gasteiger partial charge < -0.3 is 10.1 Å². The normalized spacial score (nSPS) is 17.4. The Morgan fingerprint density at radius 3 is 2.39 bits per heavy atom. The van der Waals surface area contributed by atoms with Gasteiger partial charge in [-0.1, -0.05) is 44.9 Å². The van der Waals surface area contributed by atoms with Gasteiger partial charge in [0.1, 0.15) is 6.04 Å². The standard InChI is InChI=1S/C22H37N3O4S2/c1-4-18(5-2)21(25-12-14-29-15-13-25)17-23-22(26)20(11-16-30-3)24-31(27,28)19-9-7-6-8-10-19/h6-10,18,20-21,24H,4-5,11-17H2,1-3H3,(H,23,26). The minimum Gasteiger partial charge on any atom is -0.379 e. The summed E-state index contributed by atoms with van der Waals surface area (Å²) < 4.78 is 33.7. The summed E-state index contributed by atoms with van der Waals surface area (Å²) in [5, 5.41) is 3.05. The van der Waals surface area contributed by atoms with Crippen LogP contribution in [0, 0.1) is 5.92 Å². The molecule has 1 amide bonds. The lowest BCUT2D eigenvalue weighted by molar-refractivity contribution is -0.123. The number of sulfonamides is 1. The first-order valence-corrected chi connectivity index (χ1v) is 14.0. The molecule has 0 aliphatic carbocycles. The van der Waals surface area contributed by atoms with Crippen LogP contribution in [0.15, 0.2) is 35.2 Å². The van der Waals surface area contributed by atoms with Crippen LogP contribution in [0.1, 0.15) is 33.1 Å². The van der Waals surface area contributed by atoms with Crippen molar-refractivity contribution in [2.45, 2.75) is 50.1 Å². The molecule has 0 aromatic heterocycles. The van der Waals surface area contributed by atoms with Crippen molar-refractivity contribution < 1.29 is 17.9 Å². The number of carbonyl (C=O) groups excluding carboxylic acids is 1. The van der Waals surface area contributed by atoms with Crippen LogP contribution in [0.3, 0.4) is 0 Å². The molecule has 0 spiro atoms. The van der Waals surface area contributed by atoms with Gasteiger partial charge in [-0.05, 0) is 36.5 Å². The molecule has 1 aromatic rings. The molecule has 2 atom stereocenters. The van der Waals surface area contributed by atoms with Gasteiger partial charge >= 0.3 is 0 Å². The minimum atomic E-state index is -3.77. The van der Waals surface area contributed by atoms with Crippen LogP contribution in [-0.4, -0.2) is 76.2 Å². The highest BCUT2D eigenvalue weighted by Crippen LogP contribution is 2.20. The third-order valence-electron chi connectivity index (χ3n) is 5.87. The number of hydrogen-bond acceptors (Lipinski definition) is 6. The Labute approximate surface area is 191 Å². The number of hydrogen-bond donors (Lipinski definition) is 2. The van der Waals surface area contributed by atoms with Crippen molar-refractivity contribution in [2.24, 2.45) is 5.92 Å². The molecule has 1 saturated heterocycles. The Hall–Kier alpha value is -1.13. The van der Waals surface area contributed by atoms with Crippen LogP contribution in [0.4, 0.5) is 0 Å². The monoisotopic (exact) mass is 471 g/mol. The average molecular weight is 472 g/mol. The maximum absolute atomic E-state index is 13.1. The summed E-state index contributed by atoms with van der Waals surface area (Å²) in [6.45, 7) is 7.99. The molecular weight excluding hydrogens is 434 g/mol. The second kappa shape index (κ2) is 13.4. The molecule has 31 heavy (non-hydrogen) atoms. The molecular formula is C22H37N3O4S2. The fourth-order valence-corrected chi connectivity index (χ4v) is 5.72. The Kier molecular flexibility index (Phi) is 11.3. The summed E-state index contributed by atoms with van der Waals surface area (Å²) in [5.41, 5.74) is 0. The first-order valence-electron chi connectivity index (χ1n) is 11.1. The first kappa shape index (κ1) is 26.1. The Balaban J connectivity index is 2.08. The number of nitrogens with zero attached hydrogens (tertiary/aromatic N) is 1. The third kappa shape index (κ3) is 8.05. The van der Waals surface area contributed by atoms with E-state index in [-0.39, 0.29) is 16.8 Å². The highest BCUT2D eigenvalue weighted by atomic mass is 32.2. The number of ether oxygens (including phenoxy) is 1. The topological polar surface area (TPSA) is 87.7 Å². The number of amides is 1. The SMILES string of the molecule is CCC(CC)C(CNC(=O)C(CCSC)NS(=O)(=O)c1ccccc1)N1CCOCC1. The van der Waals surface area contributed by atoms with Crippen molar-refractivity contribution >= 4 is 27.7 Å². The van der Waals surface area contributed by atoms with Crippen molar-refractivity contribution in [3.63, 3.8) is 0 Å². The molecule has 0 bridgehead atoms. The van der Waals surface area contributed by atoms with E-state index < -0.39 is 16.1 Å². The highest BCUT2D eigenvalue weighted by Gasteiger charge is 2.30. The van der Waals surface area contributed by atoms with E-state index in [0.29, 0.717) is 37.9 Å². The van der Waals surface area contributed by atoms with E-state index in [1.165, 1.54) is 12.1 Å². The zero-order valence-corrected chi connectivity index (χ0v) is 20.5. The Bertz CT molecular complexity index is 751. The number of morpholine rings is 1. The van der Waals surface area contributed by atoms with E-state index in [1.54, 1.807) is 30.0 Å². The Morgan fingerprint density at radius 2 is 1.81 bits per heavy atom. The fraction of sp³-hybridized carbons (Fsp3) is 0.682. The zero-order chi connectivity index (χ0) is 22.7. The van der Waals surface area contributed by atoms with E-state index in [1.807, 2.05) is 6.26 Å². The summed E-state index contributed by atoms with van der Waals surface area (Å²) in [5.74, 6) is 0.885. The van der Waals surface area contributed by atoms with Crippen molar-refractivity contribution in [1.29, 1.82) is 0 Å². The molecule has 0 radical (unpaired) electrons. The number of rotatable bonds is 13. The lowest BCUT2D eigenvalue weighted by Crippen LogP contribution is -2.54. The van der Waals surface area contributed by atoms with Gasteiger partial charge in [0.2, 0.25) is 15.9 Å². The molecule has 1 heterocycles. The van der Waals surface area contributed by atoms with Gasteiger partial charge in [-0.2, -0.15) is 16.5 Å². The smallest absolute Gasteiger partial charge is 0.241 e. The maximum atomic E-state index is 13.1. The minimum absolute atomic E-state index is 0.167. The number of nitrogens with one attached hydrogen (secondary N) is 2. The van der Waals surface area contributed by atoms with Gasteiger partial charge in [0.15, 0.2) is 0 Å². The van der Waals surface area contributed by atoms with E-state index in [2.05, 4.69) is 28.8 Å². The second-order valence-electron chi connectivity index (χ2n) is 7.81. The molecule has 2 unspecified atom stereocenters. The molecule has 1 aromatic carbocycles. The van der Waals surface area contributed by atoms with E-state index >= 15 is 0 Å². The van der Waals surface area contributed by atoms with Crippen molar-refractivity contribution in [3.8, 4) is 0 Å². The van der Waals surface area contributed by atoms with Gasteiger partial charge in [-0.15, -0.1) is 0 Å². The fourth-order valence-electron chi connectivity index (χ4n) is 4.00. The van der Waals surface area contributed by atoms with Crippen molar-refractivity contribution in [1.82, 2.24) is 14.9 Å². The summed E-state index contributed by atoms with van der Waals surface area (Å²) in [7, 11) is -3.77. The lowest BCUT2D eigenvalue weighted by Gasteiger charge is -2.39. The maximum Gasteiger partial charge on any atom is 0.241 e. The van der Waals surface area contributed by atoms with Crippen LogP contribution in [0.5, 0.6) is 0 Å². The highest BCUT2D eigenvalue weighted by molar-refractivity contribution is 7.98. The van der Waals surface area contributed by atoms with Crippen LogP contribution in [0.25, 0.3) is 0 Å². The van der Waals surface area contributed by atoms with Crippen LogP contribution in [-0.2, 0) is 19.6 Å². The summed E-state index contributed by atoms with van der Waals surface area (Å²) in [6.07, 6.45) is 4.45. The van der Waals surface area contributed by atoms with E-state index in [4.69, 9.17) is 4.74 Å². The quantitative estimate of drug-likeness (QED) is 0.459. The van der Waals surface area contributed by atoms with Crippen molar-refractivity contribution in [2.75, 3.05) is 44.9 Å². The number of carbonyl (C=O) groups is 1. The molecule has 9 heteroatoms. The van der Waals surface area contributed by atoms with Gasteiger partial charge in [0.25, 0.3) is 0 Å². The molecule has 7 nitrogen and oxygen atoms in total. The second-order valence-corrected chi connectivity index (χ2v) is 10.5. The first-order chi connectivity index (χ1) is 14.9. The Morgan fingerprint density at radius 1 is 1.16 bits per heavy atom. The van der Waals surface area contributed by atoms with E-state index in [9.17, 15) is 13.2 Å². The largest absolute Gasteiger partial charge is 0.379 e. The number of thioether (sulfide) groups is 1. The molecule has 1 fully saturated rings. The predicted octanol–water partition coefficient (Wildman–Crippen LogP) is 2.34. The summed E-state index contributed by atoms with van der Waals surface area (Å²) >= 11 is 1.59. The van der Waals surface area contributed by atoms with Gasteiger partial charge in [0.05, 0.1) is 18.1 Å². The van der Waals surface area contributed by atoms with Crippen LogP contribution < -0.4 is 10.0 Å². The van der Waals surface area contributed by atoms with Crippen molar-refractivity contribution in [3.05, 3.63) is 30.3 Å². The number of benzene rings is 1. The molecule has 1 aliphatic rings. The average Bonchev–Trinajstić information content (AvgIpc) is 2.80. The summed E-state index contributed by atoms with van der Waals surface area (Å²) in [4.78, 5) is 15.6. The van der Waals surface area contributed by atoms with Crippen LogP contribution >= 0.6 is 11.8 Å². The van der Waals surface area contributed by atoms with Gasteiger partial charge in [-0.3, -0.25) is 9.69 Å². The molecule has 0 saturated carbocycles. The van der Waals surface area contributed by atoms with Gasteiger partial charge in [0, 0.05) is 25.7 Å². The molecule has 2 rings (SSSR count). The predicted molar refractivity (Wildman–Crippen MR) is 127 cm³/mol. The molecule has 2 N–H and O–H groups in total. The van der Waals surface area contributed by atoms with Crippen LogP contribution in [0.2, 0.25) is 0 Å². The molecule has 1 aliphatic heterocycles. The summed E-state index contributed by atoms with van der Waals surface area (Å²) in [6, 6.07) is 7.60. The molecule has 176 valence electrons. The lowest BCUT2D eigenvalue weighted by atomic mass is 9.92.